The second-order valence-electron chi connectivity index (χ2n) is 6.83. The summed E-state index contributed by atoms with van der Waals surface area (Å²) in [6.45, 7) is 3.51. The minimum atomic E-state index is -0.268. The third-order valence-corrected chi connectivity index (χ3v) is 5.82. The number of hydrogen-bond acceptors (Lipinski definition) is 3. The molecule has 2 heterocycles. The van der Waals surface area contributed by atoms with Gasteiger partial charge in [0.25, 0.3) is 0 Å². The number of amides is 1. The van der Waals surface area contributed by atoms with Crippen LogP contribution in [0.1, 0.15) is 51.4 Å². The van der Waals surface area contributed by atoms with E-state index in [1.54, 1.807) is 0 Å². The van der Waals surface area contributed by atoms with Gasteiger partial charge in [-0.3, -0.25) is 4.79 Å². The van der Waals surface area contributed by atoms with Crippen molar-refractivity contribution in [3.05, 3.63) is 0 Å². The van der Waals surface area contributed by atoms with Crippen LogP contribution in [0.15, 0.2) is 0 Å². The number of aliphatic hydroxyl groups is 1. The number of carbonyl (C=O) groups excluding carboxylic acids is 1. The fourth-order valence-corrected chi connectivity index (χ4v) is 4.48. The van der Waals surface area contributed by atoms with Gasteiger partial charge in [0.05, 0.1) is 5.41 Å². The van der Waals surface area contributed by atoms with Gasteiger partial charge in [0.15, 0.2) is 0 Å². The maximum atomic E-state index is 13.1. The normalized spacial score (nSPS) is 33.0. The van der Waals surface area contributed by atoms with Gasteiger partial charge in [-0.25, -0.2) is 0 Å². The predicted molar refractivity (Wildman–Crippen MR) is 76.3 cm³/mol. The molecule has 4 heteroatoms. The highest BCUT2D eigenvalue weighted by Crippen LogP contribution is 2.71. The number of hydrogen-bond donors (Lipinski definition) is 1. The first-order chi connectivity index (χ1) is 9.74. The SMILES string of the molecule is O=C(N1CCCCCC1)C1(CCO)CC12CCOCC2. The Balaban J connectivity index is 1.75. The molecule has 1 amide bonds. The zero-order valence-electron chi connectivity index (χ0n) is 12.4. The Morgan fingerprint density at radius 1 is 1.10 bits per heavy atom. The molecule has 1 unspecified atom stereocenters. The maximum absolute atomic E-state index is 13.1. The molecule has 2 aliphatic heterocycles. The summed E-state index contributed by atoms with van der Waals surface area (Å²) in [6.07, 6.45) is 8.36. The van der Waals surface area contributed by atoms with E-state index in [0.717, 1.165) is 58.4 Å². The molecule has 1 atom stereocenters. The van der Waals surface area contributed by atoms with Gasteiger partial charge in [0, 0.05) is 32.9 Å². The Hall–Kier alpha value is -0.610. The molecule has 3 rings (SSSR count). The largest absolute Gasteiger partial charge is 0.396 e. The Morgan fingerprint density at radius 2 is 1.75 bits per heavy atom. The highest BCUT2D eigenvalue weighted by atomic mass is 16.5. The topological polar surface area (TPSA) is 49.8 Å². The second-order valence-corrected chi connectivity index (χ2v) is 6.83. The van der Waals surface area contributed by atoms with Crippen LogP contribution < -0.4 is 0 Å². The standard InChI is InChI=1S/C16H27NO3/c18-10-5-16(13-15(16)6-11-20-12-7-15)14(19)17-8-3-1-2-4-9-17/h18H,1-13H2. The van der Waals surface area contributed by atoms with Gasteiger partial charge in [-0.1, -0.05) is 12.8 Å². The molecule has 0 aromatic carbocycles. The molecule has 2 saturated heterocycles. The number of nitrogens with zero attached hydrogens (tertiary/aromatic N) is 1. The fraction of sp³-hybridized carbons (Fsp3) is 0.938. The Labute approximate surface area is 121 Å². The van der Waals surface area contributed by atoms with Crippen molar-refractivity contribution in [3.63, 3.8) is 0 Å². The van der Waals surface area contributed by atoms with E-state index in [9.17, 15) is 9.90 Å². The van der Waals surface area contributed by atoms with E-state index in [4.69, 9.17) is 4.74 Å². The van der Waals surface area contributed by atoms with E-state index in [0.29, 0.717) is 12.3 Å². The highest BCUT2D eigenvalue weighted by Gasteiger charge is 2.71. The van der Waals surface area contributed by atoms with Crippen molar-refractivity contribution in [2.75, 3.05) is 32.9 Å². The molecule has 3 aliphatic rings. The summed E-state index contributed by atoms with van der Waals surface area (Å²) in [7, 11) is 0. The number of carbonyl (C=O) groups is 1. The van der Waals surface area contributed by atoms with Crippen molar-refractivity contribution in [1.29, 1.82) is 0 Å². The number of rotatable bonds is 3. The van der Waals surface area contributed by atoms with Crippen LogP contribution in [-0.2, 0) is 9.53 Å². The first kappa shape index (κ1) is 14.3. The first-order valence-corrected chi connectivity index (χ1v) is 8.22. The molecule has 1 saturated carbocycles. The lowest BCUT2D eigenvalue weighted by Gasteiger charge is -2.32. The maximum Gasteiger partial charge on any atom is 0.229 e. The smallest absolute Gasteiger partial charge is 0.229 e. The van der Waals surface area contributed by atoms with Crippen LogP contribution in [0.2, 0.25) is 0 Å². The Bertz CT molecular complexity index is 357. The highest BCUT2D eigenvalue weighted by molar-refractivity contribution is 5.87. The van der Waals surface area contributed by atoms with Crippen molar-refractivity contribution in [2.45, 2.75) is 51.4 Å². The third-order valence-electron chi connectivity index (χ3n) is 5.82. The van der Waals surface area contributed by atoms with Gasteiger partial charge in [-0.15, -0.1) is 0 Å². The van der Waals surface area contributed by atoms with Crippen LogP contribution in [0.4, 0.5) is 0 Å². The molecule has 20 heavy (non-hydrogen) atoms. The monoisotopic (exact) mass is 281 g/mol. The molecule has 114 valence electrons. The summed E-state index contributed by atoms with van der Waals surface area (Å²) < 4.78 is 5.47. The van der Waals surface area contributed by atoms with E-state index in [2.05, 4.69) is 4.90 Å². The van der Waals surface area contributed by atoms with Crippen molar-refractivity contribution < 1.29 is 14.6 Å². The molecule has 1 N–H and O–H groups in total. The van der Waals surface area contributed by atoms with Gasteiger partial charge in [-0.2, -0.15) is 0 Å². The van der Waals surface area contributed by atoms with E-state index in [1.165, 1.54) is 12.8 Å². The molecule has 0 aromatic rings. The van der Waals surface area contributed by atoms with Gasteiger partial charge in [0.1, 0.15) is 0 Å². The van der Waals surface area contributed by atoms with E-state index < -0.39 is 0 Å². The average Bonchev–Trinajstić information content (AvgIpc) is 3.16. The lowest BCUT2D eigenvalue weighted by Crippen LogP contribution is -2.42. The van der Waals surface area contributed by atoms with Crippen molar-refractivity contribution in [1.82, 2.24) is 4.90 Å². The van der Waals surface area contributed by atoms with Crippen LogP contribution in [0.3, 0.4) is 0 Å². The zero-order chi connectivity index (χ0) is 14.1. The Kier molecular flexibility index (Phi) is 4.04. The molecular formula is C16H27NO3. The fourth-order valence-electron chi connectivity index (χ4n) is 4.48. The van der Waals surface area contributed by atoms with Crippen LogP contribution in [-0.4, -0.2) is 48.8 Å². The summed E-state index contributed by atoms with van der Waals surface area (Å²) in [5.74, 6) is 0.329. The summed E-state index contributed by atoms with van der Waals surface area (Å²) in [5.41, 5.74) is -0.132. The quantitative estimate of drug-likeness (QED) is 0.860. The van der Waals surface area contributed by atoms with E-state index >= 15 is 0 Å². The number of likely N-dealkylation sites (tertiary alicyclic amines) is 1. The van der Waals surface area contributed by atoms with Gasteiger partial charge in [-0.05, 0) is 43.9 Å². The molecule has 4 nitrogen and oxygen atoms in total. The van der Waals surface area contributed by atoms with E-state index in [-0.39, 0.29) is 17.4 Å². The van der Waals surface area contributed by atoms with Gasteiger partial charge in [0.2, 0.25) is 5.91 Å². The third kappa shape index (κ3) is 2.27. The van der Waals surface area contributed by atoms with Crippen molar-refractivity contribution in [2.24, 2.45) is 10.8 Å². The minimum Gasteiger partial charge on any atom is -0.396 e. The molecule has 1 spiro atoms. The van der Waals surface area contributed by atoms with E-state index in [1.807, 2.05) is 0 Å². The van der Waals surface area contributed by atoms with Crippen LogP contribution in [0.5, 0.6) is 0 Å². The second kappa shape index (κ2) is 5.64. The number of aliphatic hydroxyl groups excluding tert-OH is 1. The summed E-state index contributed by atoms with van der Waals surface area (Å²) in [5, 5.41) is 9.46. The van der Waals surface area contributed by atoms with Gasteiger partial charge < -0.3 is 14.7 Å². The number of ether oxygens (including phenoxy) is 1. The first-order valence-electron chi connectivity index (χ1n) is 8.22. The average molecular weight is 281 g/mol. The Morgan fingerprint density at radius 3 is 2.35 bits per heavy atom. The van der Waals surface area contributed by atoms with Crippen LogP contribution in [0, 0.1) is 10.8 Å². The molecule has 0 radical (unpaired) electrons. The molecular weight excluding hydrogens is 254 g/mol. The van der Waals surface area contributed by atoms with Crippen molar-refractivity contribution >= 4 is 5.91 Å². The molecule has 0 bridgehead atoms. The zero-order valence-corrected chi connectivity index (χ0v) is 12.4. The summed E-state index contributed by atoms with van der Waals surface area (Å²) >= 11 is 0. The van der Waals surface area contributed by atoms with Crippen molar-refractivity contribution in [3.8, 4) is 0 Å². The summed E-state index contributed by atoms with van der Waals surface area (Å²) in [4.78, 5) is 15.2. The lowest BCUT2D eigenvalue weighted by atomic mass is 9.83. The van der Waals surface area contributed by atoms with Crippen LogP contribution in [0.25, 0.3) is 0 Å². The van der Waals surface area contributed by atoms with Crippen LogP contribution >= 0.6 is 0 Å². The van der Waals surface area contributed by atoms with Gasteiger partial charge >= 0.3 is 0 Å². The minimum absolute atomic E-state index is 0.127. The lowest BCUT2D eigenvalue weighted by molar-refractivity contribution is -0.140. The molecule has 0 aromatic heterocycles. The molecule has 3 fully saturated rings. The predicted octanol–water partition coefficient (Wildman–Crippen LogP) is 1.96. The molecule has 1 aliphatic carbocycles. The summed E-state index contributed by atoms with van der Waals surface area (Å²) in [6, 6.07) is 0.